The summed E-state index contributed by atoms with van der Waals surface area (Å²) in [6, 6.07) is 19.9. The maximum absolute atomic E-state index is 11.4. The average molecular weight is 335 g/mol. The molecule has 2 rings (SSSR count). The van der Waals surface area contributed by atoms with Crippen molar-refractivity contribution in [1.82, 2.24) is 4.90 Å². The second-order valence-corrected chi connectivity index (χ2v) is 6.01. The van der Waals surface area contributed by atoms with Crippen molar-refractivity contribution < 1.29 is 9.90 Å². The predicted molar refractivity (Wildman–Crippen MR) is 103 cm³/mol. The maximum Gasteiger partial charge on any atom is 0.305 e. The summed E-state index contributed by atoms with van der Waals surface area (Å²) < 4.78 is 0. The molecule has 0 spiro atoms. The molecular weight excluding hydrogens is 310 g/mol. The van der Waals surface area contributed by atoms with Gasteiger partial charge in [0.15, 0.2) is 0 Å². The van der Waals surface area contributed by atoms with Gasteiger partial charge in [-0.2, -0.15) is 0 Å². The Morgan fingerprint density at radius 3 is 2.28 bits per heavy atom. The van der Waals surface area contributed by atoms with Gasteiger partial charge in [-0.1, -0.05) is 78.9 Å². The van der Waals surface area contributed by atoms with E-state index >= 15 is 0 Å². The Kier molecular flexibility index (Phi) is 7.17. The first-order chi connectivity index (χ1) is 12.1. The predicted octanol–water partition coefficient (Wildman–Crippen LogP) is 4.79. The Hall–Kier alpha value is -2.65. The lowest BCUT2D eigenvalue weighted by Gasteiger charge is -2.34. The van der Waals surface area contributed by atoms with E-state index < -0.39 is 5.97 Å². The number of aliphatic carboxylic acids is 1. The number of benzene rings is 2. The Labute approximate surface area is 149 Å². The van der Waals surface area contributed by atoms with Gasteiger partial charge < -0.3 is 5.11 Å². The van der Waals surface area contributed by atoms with Crippen LogP contribution in [0.4, 0.5) is 0 Å². The van der Waals surface area contributed by atoms with E-state index in [9.17, 15) is 9.90 Å². The van der Waals surface area contributed by atoms with E-state index in [0.29, 0.717) is 6.54 Å². The summed E-state index contributed by atoms with van der Waals surface area (Å²) in [6.45, 7) is 6.56. The van der Waals surface area contributed by atoms with Crippen LogP contribution in [0.1, 0.15) is 30.5 Å². The number of rotatable bonds is 9. The lowest BCUT2D eigenvalue weighted by molar-refractivity contribution is -0.138. The zero-order valence-corrected chi connectivity index (χ0v) is 14.6. The second-order valence-electron chi connectivity index (χ2n) is 6.01. The molecule has 0 saturated heterocycles. The molecule has 0 fully saturated rings. The molecule has 0 radical (unpaired) electrons. The van der Waals surface area contributed by atoms with Crippen LogP contribution < -0.4 is 0 Å². The monoisotopic (exact) mass is 335 g/mol. The van der Waals surface area contributed by atoms with E-state index in [2.05, 4.69) is 30.5 Å². The number of carbonyl (C=O) groups is 1. The van der Waals surface area contributed by atoms with E-state index in [-0.39, 0.29) is 18.5 Å². The van der Waals surface area contributed by atoms with Crippen molar-refractivity contribution in [3.05, 3.63) is 90.5 Å². The fourth-order valence-corrected chi connectivity index (χ4v) is 2.91. The molecule has 2 aromatic rings. The van der Waals surface area contributed by atoms with Crippen molar-refractivity contribution in [2.24, 2.45) is 0 Å². The zero-order valence-electron chi connectivity index (χ0n) is 14.6. The van der Waals surface area contributed by atoms with Gasteiger partial charge in [-0.3, -0.25) is 9.69 Å². The minimum Gasteiger partial charge on any atom is -0.481 e. The minimum atomic E-state index is -0.808. The molecule has 0 aliphatic heterocycles. The molecule has 2 aromatic carbocycles. The van der Waals surface area contributed by atoms with Crippen molar-refractivity contribution in [3.63, 3.8) is 0 Å². The second kappa shape index (κ2) is 9.60. The molecule has 2 unspecified atom stereocenters. The molecule has 0 aliphatic rings. The molecule has 3 nitrogen and oxygen atoms in total. The Balaban J connectivity index is 2.28. The summed E-state index contributed by atoms with van der Waals surface area (Å²) in [5.74, 6) is -0.808. The van der Waals surface area contributed by atoms with Gasteiger partial charge in [0.05, 0.1) is 6.42 Å². The number of hydrogen-bond donors (Lipinski definition) is 1. The lowest BCUT2D eigenvalue weighted by Crippen LogP contribution is -2.37. The summed E-state index contributed by atoms with van der Waals surface area (Å²) in [7, 11) is 0. The van der Waals surface area contributed by atoms with Crippen molar-refractivity contribution in [2.75, 3.05) is 6.54 Å². The lowest BCUT2D eigenvalue weighted by atomic mass is 10.0. The number of hydrogen-bond acceptors (Lipinski definition) is 2. The quantitative estimate of drug-likeness (QED) is 0.670. The van der Waals surface area contributed by atoms with Gasteiger partial charge >= 0.3 is 5.97 Å². The third-order valence-electron chi connectivity index (χ3n) is 4.24. The summed E-state index contributed by atoms with van der Waals surface area (Å²) >= 11 is 0. The van der Waals surface area contributed by atoms with Crippen molar-refractivity contribution in [3.8, 4) is 0 Å². The molecule has 25 heavy (non-hydrogen) atoms. The van der Waals surface area contributed by atoms with Gasteiger partial charge in [-0.15, -0.1) is 6.58 Å². The van der Waals surface area contributed by atoms with Crippen LogP contribution in [0.2, 0.25) is 0 Å². The number of carboxylic acid groups (broad SMARTS) is 1. The SMILES string of the molecule is C=CCN(C(C=Cc1ccccc1)CC(=O)O)C(C)c1ccccc1. The maximum atomic E-state index is 11.4. The van der Waals surface area contributed by atoms with Crippen molar-refractivity contribution in [2.45, 2.75) is 25.4 Å². The van der Waals surface area contributed by atoms with E-state index in [4.69, 9.17) is 0 Å². The fourth-order valence-electron chi connectivity index (χ4n) is 2.91. The molecular formula is C22H25NO2. The Bertz CT molecular complexity index is 694. The van der Waals surface area contributed by atoms with Gasteiger partial charge in [0.25, 0.3) is 0 Å². The molecule has 0 heterocycles. The minimum absolute atomic E-state index is 0.0499. The van der Waals surface area contributed by atoms with Crippen LogP contribution in [0.25, 0.3) is 6.08 Å². The van der Waals surface area contributed by atoms with Crippen LogP contribution in [-0.4, -0.2) is 28.6 Å². The van der Waals surface area contributed by atoms with E-state index in [1.807, 2.05) is 66.8 Å². The summed E-state index contributed by atoms with van der Waals surface area (Å²) in [6.07, 6.45) is 5.84. The van der Waals surface area contributed by atoms with Crippen LogP contribution in [0.3, 0.4) is 0 Å². The highest BCUT2D eigenvalue weighted by Gasteiger charge is 2.23. The summed E-state index contributed by atoms with van der Waals surface area (Å²) in [5.41, 5.74) is 2.22. The molecule has 0 aliphatic carbocycles. The van der Waals surface area contributed by atoms with Crippen LogP contribution in [0.5, 0.6) is 0 Å². The van der Waals surface area contributed by atoms with Gasteiger partial charge in [0.2, 0.25) is 0 Å². The Morgan fingerprint density at radius 2 is 1.72 bits per heavy atom. The van der Waals surface area contributed by atoms with E-state index in [1.165, 1.54) is 0 Å². The van der Waals surface area contributed by atoms with Crippen LogP contribution in [-0.2, 0) is 4.79 Å². The molecule has 3 heteroatoms. The number of nitrogens with zero attached hydrogens (tertiary/aromatic N) is 1. The molecule has 2 atom stereocenters. The highest BCUT2D eigenvalue weighted by atomic mass is 16.4. The summed E-state index contributed by atoms with van der Waals surface area (Å²) in [5, 5.41) is 9.36. The zero-order chi connectivity index (χ0) is 18.1. The smallest absolute Gasteiger partial charge is 0.305 e. The first-order valence-electron chi connectivity index (χ1n) is 8.48. The van der Waals surface area contributed by atoms with Crippen molar-refractivity contribution >= 4 is 12.0 Å². The average Bonchev–Trinajstić information content (AvgIpc) is 2.64. The van der Waals surface area contributed by atoms with Crippen LogP contribution in [0.15, 0.2) is 79.4 Å². The van der Waals surface area contributed by atoms with Crippen LogP contribution >= 0.6 is 0 Å². The normalized spacial score (nSPS) is 13.7. The fraction of sp³-hybridized carbons (Fsp3) is 0.227. The molecule has 0 bridgehead atoms. The van der Waals surface area contributed by atoms with E-state index in [0.717, 1.165) is 11.1 Å². The summed E-state index contributed by atoms with van der Waals surface area (Å²) in [4.78, 5) is 13.6. The molecule has 0 saturated carbocycles. The van der Waals surface area contributed by atoms with Gasteiger partial charge in [-0.05, 0) is 18.1 Å². The highest BCUT2D eigenvalue weighted by molar-refractivity contribution is 5.68. The first kappa shape index (κ1) is 18.7. The number of carboxylic acids is 1. The van der Waals surface area contributed by atoms with Gasteiger partial charge in [-0.25, -0.2) is 0 Å². The standard InChI is InChI=1S/C22H25NO2/c1-3-16-23(18(2)20-12-8-5-9-13-20)21(17-22(24)25)15-14-19-10-6-4-7-11-19/h3-15,18,21H,1,16-17H2,2H3,(H,24,25). The highest BCUT2D eigenvalue weighted by Crippen LogP contribution is 2.24. The van der Waals surface area contributed by atoms with Gasteiger partial charge in [0.1, 0.15) is 0 Å². The largest absolute Gasteiger partial charge is 0.481 e. The molecule has 130 valence electrons. The first-order valence-corrected chi connectivity index (χ1v) is 8.48. The van der Waals surface area contributed by atoms with Crippen molar-refractivity contribution in [1.29, 1.82) is 0 Å². The van der Waals surface area contributed by atoms with Gasteiger partial charge in [0, 0.05) is 18.6 Å². The third-order valence-corrected chi connectivity index (χ3v) is 4.24. The topological polar surface area (TPSA) is 40.5 Å². The third kappa shape index (κ3) is 5.73. The van der Waals surface area contributed by atoms with Crippen LogP contribution in [0, 0.1) is 0 Å². The molecule has 1 N–H and O–H groups in total. The van der Waals surface area contributed by atoms with E-state index in [1.54, 1.807) is 0 Å². The molecule has 0 amide bonds. The molecule has 0 aromatic heterocycles. The Morgan fingerprint density at radius 1 is 1.12 bits per heavy atom.